The van der Waals surface area contributed by atoms with Gasteiger partial charge >= 0.3 is 6.09 Å². The molecule has 0 aliphatic carbocycles. The van der Waals surface area contributed by atoms with Crippen molar-refractivity contribution in [2.75, 3.05) is 0 Å². The first-order valence-electron chi connectivity index (χ1n) is 7.75. The summed E-state index contributed by atoms with van der Waals surface area (Å²) >= 11 is 0. The highest BCUT2D eigenvalue weighted by molar-refractivity contribution is 5.67. The first kappa shape index (κ1) is 17.8. The lowest BCUT2D eigenvalue weighted by Gasteiger charge is -2.20. The van der Waals surface area contributed by atoms with Crippen LogP contribution in [0, 0.1) is 5.82 Å². The Morgan fingerprint density at radius 3 is 2.50 bits per heavy atom. The van der Waals surface area contributed by atoms with E-state index < -0.39 is 11.7 Å². The summed E-state index contributed by atoms with van der Waals surface area (Å²) in [6.07, 6.45) is -0.527. The normalized spacial score (nSPS) is 11.0. The zero-order valence-electron chi connectivity index (χ0n) is 14.1. The van der Waals surface area contributed by atoms with Crippen LogP contribution in [0.5, 0.6) is 5.75 Å². The fraction of sp³-hybridized carbons (Fsp3) is 0.316. The zero-order chi connectivity index (χ0) is 17.6. The monoisotopic (exact) mass is 331 g/mol. The standard InChI is InChI=1S/C19H22FNO3/c1-19(2,3)24-18(22)21-12-15-9-10-16(20)11-17(15)23-13-14-7-5-4-6-8-14/h4-11H,12-13H2,1-3H3,(H,21,22). The first-order valence-corrected chi connectivity index (χ1v) is 7.75. The molecule has 2 rings (SSSR count). The van der Waals surface area contributed by atoms with E-state index in [1.807, 2.05) is 30.3 Å². The largest absolute Gasteiger partial charge is 0.488 e. The SMILES string of the molecule is CC(C)(C)OC(=O)NCc1ccc(F)cc1OCc1ccccc1. The number of nitrogens with one attached hydrogen (secondary N) is 1. The molecule has 4 nitrogen and oxygen atoms in total. The number of ether oxygens (including phenoxy) is 2. The molecule has 24 heavy (non-hydrogen) atoms. The molecule has 0 fully saturated rings. The molecule has 0 bridgehead atoms. The van der Waals surface area contributed by atoms with Gasteiger partial charge in [-0.2, -0.15) is 0 Å². The number of hydrogen-bond acceptors (Lipinski definition) is 3. The van der Waals surface area contributed by atoms with E-state index in [2.05, 4.69) is 5.32 Å². The lowest BCUT2D eigenvalue weighted by Crippen LogP contribution is -2.32. The zero-order valence-corrected chi connectivity index (χ0v) is 14.1. The Labute approximate surface area is 141 Å². The average molecular weight is 331 g/mol. The van der Waals surface area contributed by atoms with E-state index >= 15 is 0 Å². The Bertz CT molecular complexity index is 681. The Hall–Kier alpha value is -2.56. The number of amides is 1. The lowest BCUT2D eigenvalue weighted by atomic mass is 10.2. The van der Waals surface area contributed by atoms with E-state index in [9.17, 15) is 9.18 Å². The summed E-state index contributed by atoms with van der Waals surface area (Å²) in [5.74, 6) is 0.00833. The van der Waals surface area contributed by atoms with Gasteiger partial charge in [-0.3, -0.25) is 0 Å². The van der Waals surface area contributed by atoms with Crippen LogP contribution in [0.2, 0.25) is 0 Å². The van der Waals surface area contributed by atoms with Crippen molar-refractivity contribution in [2.24, 2.45) is 0 Å². The number of halogens is 1. The van der Waals surface area contributed by atoms with Crippen molar-refractivity contribution < 1.29 is 18.7 Å². The van der Waals surface area contributed by atoms with Crippen LogP contribution in [0.3, 0.4) is 0 Å². The molecule has 0 radical (unpaired) electrons. The van der Waals surface area contributed by atoms with Crippen LogP contribution in [0.25, 0.3) is 0 Å². The highest BCUT2D eigenvalue weighted by atomic mass is 19.1. The third-order valence-corrected chi connectivity index (χ3v) is 3.09. The van der Waals surface area contributed by atoms with E-state index in [-0.39, 0.29) is 12.4 Å². The number of alkyl carbamates (subject to hydrolysis) is 1. The molecule has 2 aromatic carbocycles. The van der Waals surface area contributed by atoms with Crippen molar-refractivity contribution in [3.63, 3.8) is 0 Å². The van der Waals surface area contributed by atoms with Crippen LogP contribution < -0.4 is 10.1 Å². The second-order valence-electron chi connectivity index (χ2n) is 6.38. The van der Waals surface area contributed by atoms with Crippen molar-refractivity contribution in [3.05, 3.63) is 65.5 Å². The Morgan fingerprint density at radius 2 is 1.83 bits per heavy atom. The maximum atomic E-state index is 13.5. The summed E-state index contributed by atoms with van der Waals surface area (Å²) in [6.45, 7) is 5.89. The molecular formula is C19H22FNO3. The molecule has 0 heterocycles. The molecule has 0 spiro atoms. The third-order valence-electron chi connectivity index (χ3n) is 3.09. The van der Waals surface area contributed by atoms with Crippen LogP contribution in [-0.2, 0) is 17.9 Å². The highest BCUT2D eigenvalue weighted by Gasteiger charge is 2.16. The summed E-state index contributed by atoms with van der Waals surface area (Å²) in [4.78, 5) is 11.7. The lowest BCUT2D eigenvalue weighted by molar-refractivity contribution is 0.0523. The van der Waals surface area contributed by atoms with Gasteiger partial charge in [-0.15, -0.1) is 0 Å². The fourth-order valence-corrected chi connectivity index (χ4v) is 2.03. The number of rotatable bonds is 5. The summed E-state index contributed by atoms with van der Waals surface area (Å²) < 4.78 is 24.4. The van der Waals surface area contributed by atoms with Gasteiger partial charge in [0.25, 0.3) is 0 Å². The van der Waals surface area contributed by atoms with Gasteiger partial charge in [-0.25, -0.2) is 9.18 Å². The van der Waals surface area contributed by atoms with Crippen LogP contribution in [-0.4, -0.2) is 11.7 Å². The average Bonchev–Trinajstić information content (AvgIpc) is 2.51. The van der Waals surface area contributed by atoms with Gasteiger partial charge in [0, 0.05) is 18.2 Å². The van der Waals surface area contributed by atoms with Gasteiger partial charge < -0.3 is 14.8 Å². The van der Waals surface area contributed by atoms with Gasteiger partial charge in [-0.1, -0.05) is 36.4 Å². The van der Waals surface area contributed by atoms with E-state index in [1.54, 1.807) is 26.8 Å². The molecule has 0 saturated carbocycles. The van der Waals surface area contributed by atoms with Crippen LogP contribution in [0.1, 0.15) is 31.9 Å². The second kappa shape index (κ2) is 7.81. The van der Waals surface area contributed by atoms with Crippen molar-refractivity contribution >= 4 is 6.09 Å². The summed E-state index contributed by atoms with van der Waals surface area (Å²) in [5.41, 5.74) is 1.09. The van der Waals surface area contributed by atoms with Crippen LogP contribution >= 0.6 is 0 Å². The Balaban J connectivity index is 2.00. The predicted octanol–water partition coefficient (Wildman–Crippen LogP) is 4.43. The van der Waals surface area contributed by atoms with Crippen molar-refractivity contribution in [1.29, 1.82) is 0 Å². The minimum absolute atomic E-state index is 0.194. The molecule has 0 aliphatic rings. The molecule has 2 aromatic rings. The number of hydrogen-bond donors (Lipinski definition) is 1. The quantitative estimate of drug-likeness (QED) is 0.882. The van der Waals surface area contributed by atoms with Gasteiger partial charge in [0.2, 0.25) is 0 Å². The van der Waals surface area contributed by atoms with Crippen molar-refractivity contribution in [3.8, 4) is 5.75 Å². The number of carbonyl (C=O) groups excluding carboxylic acids is 1. The molecular weight excluding hydrogens is 309 g/mol. The molecule has 0 atom stereocenters. The molecule has 0 saturated heterocycles. The van der Waals surface area contributed by atoms with E-state index in [4.69, 9.17) is 9.47 Å². The molecule has 5 heteroatoms. The Kier molecular flexibility index (Phi) is 5.79. The van der Waals surface area contributed by atoms with Gasteiger partial charge in [0.1, 0.15) is 23.8 Å². The van der Waals surface area contributed by atoms with Crippen molar-refractivity contribution in [1.82, 2.24) is 5.32 Å². The van der Waals surface area contributed by atoms with Crippen molar-refractivity contribution in [2.45, 2.75) is 39.5 Å². The molecule has 1 N–H and O–H groups in total. The number of carbonyl (C=O) groups is 1. The van der Waals surface area contributed by atoms with Crippen LogP contribution in [0.4, 0.5) is 9.18 Å². The molecule has 0 aliphatic heterocycles. The topological polar surface area (TPSA) is 47.6 Å². The summed E-state index contributed by atoms with van der Waals surface area (Å²) in [5, 5.41) is 2.65. The Morgan fingerprint density at radius 1 is 1.12 bits per heavy atom. The minimum Gasteiger partial charge on any atom is -0.488 e. The maximum absolute atomic E-state index is 13.5. The predicted molar refractivity (Wildman–Crippen MR) is 90.2 cm³/mol. The third kappa shape index (κ3) is 5.91. The summed E-state index contributed by atoms with van der Waals surface area (Å²) in [6, 6.07) is 13.8. The van der Waals surface area contributed by atoms with Gasteiger partial charge in [0.15, 0.2) is 0 Å². The van der Waals surface area contributed by atoms with E-state index in [0.29, 0.717) is 17.9 Å². The first-order chi connectivity index (χ1) is 11.3. The molecule has 0 aromatic heterocycles. The van der Waals surface area contributed by atoms with E-state index in [0.717, 1.165) is 5.56 Å². The van der Waals surface area contributed by atoms with Gasteiger partial charge in [-0.05, 0) is 32.4 Å². The molecule has 1 amide bonds. The van der Waals surface area contributed by atoms with E-state index in [1.165, 1.54) is 12.1 Å². The minimum atomic E-state index is -0.570. The van der Waals surface area contributed by atoms with Gasteiger partial charge in [0.05, 0.1) is 0 Å². The molecule has 0 unspecified atom stereocenters. The van der Waals surface area contributed by atoms with Crippen LogP contribution in [0.15, 0.2) is 48.5 Å². The second-order valence-corrected chi connectivity index (χ2v) is 6.38. The molecule has 128 valence electrons. The highest BCUT2D eigenvalue weighted by Crippen LogP contribution is 2.21. The fourth-order valence-electron chi connectivity index (χ4n) is 2.03. The maximum Gasteiger partial charge on any atom is 0.407 e. The number of benzene rings is 2. The smallest absolute Gasteiger partial charge is 0.407 e. The summed E-state index contributed by atoms with van der Waals surface area (Å²) in [7, 11) is 0.